The van der Waals surface area contributed by atoms with E-state index in [2.05, 4.69) is 15.0 Å². The number of nitrogens with one attached hydrogen (secondary N) is 1. The SMILES string of the molecule is NCC1(c2nc3nc(N)ccc3[nH]2)CCC1. The van der Waals surface area contributed by atoms with Crippen molar-refractivity contribution in [1.82, 2.24) is 15.0 Å². The fourth-order valence-corrected chi connectivity index (χ4v) is 2.30. The fraction of sp³-hybridized carbons (Fsp3) is 0.455. The molecule has 0 aromatic carbocycles. The minimum Gasteiger partial charge on any atom is -0.384 e. The molecule has 0 radical (unpaired) electrons. The van der Waals surface area contributed by atoms with Crippen molar-refractivity contribution in [3.8, 4) is 0 Å². The number of imidazole rings is 1. The smallest absolute Gasteiger partial charge is 0.179 e. The van der Waals surface area contributed by atoms with Crippen molar-refractivity contribution in [3.05, 3.63) is 18.0 Å². The van der Waals surface area contributed by atoms with Crippen LogP contribution in [0.15, 0.2) is 12.1 Å². The van der Waals surface area contributed by atoms with Gasteiger partial charge >= 0.3 is 0 Å². The second-order valence-corrected chi connectivity index (χ2v) is 4.53. The second-order valence-electron chi connectivity index (χ2n) is 4.53. The van der Waals surface area contributed by atoms with Crippen molar-refractivity contribution in [1.29, 1.82) is 0 Å². The molecule has 2 heterocycles. The van der Waals surface area contributed by atoms with E-state index in [1.54, 1.807) is 6.07 Å². The van der Waals surface area contributed by atoms with Crippen LogP contribution in [0.2, 0.25) is 0 Å². The van der Waals surface area contributed by atoms with Gasteiger partial charge in [-0.3, -0.25) is 0 Å². The lowest BCUT2D eigenvalue weighted by Gasteiger charge is -2.38. The summed E-state index contributed by atoms with van der Waals surface area (Å²) in [5, 5.41) is 0. The van der Waals surface area contributed by atoms with Gasteiger partial charge in [-0.1, -0.05) is 6.42 Å². The number of H-pyrrole nitrogens is 1. The highest BCUT2D eigenvalue weighted by atomic mass is 15.0. The molecule has 1 saturated carbocycles. The molecule has 0 unspecified atom stereocenters. The molecule has 1 aliphatic carbocycles. The molecule has 3 rings (SSSR count). The summed E-state index contributed by atoms with van der Waals surface area (Å²) in [6, 6.07) is 3.69. The number of hydrogen-bond acceptors (Lipinski definition) is 4. The summed E-state index contributed by atoms with van der Waals surface area (Å²) in [6.45, 7) is 0.641. The van der Waals surface area contributed by atoms with Crippen LogP contribution < -0.4 is 11.5 Å². The lowest BCUT2D eigenvalue weighted by atomic mass is 9.68. The third kappa shape index (κ3) is 1.21. The summed E-state index contributed by atoms with van der Waals surface area (Å²) in [5.74, 6) is 1.47. The fourth-order valence-electron chi connectivity index (χ4n) is 2.30. The highest BCUT2D eigenvalue weighted by Gasteiger charge is 2.40. The molecule has 16 heavy (non-hydrogen) atoms. The van der Waals surface area contributed by atoms with E-state index in [4.69, 9.17) is 11.5 Å². The molecule has 2 aromatic heterocycles. The van der Waals surface area contributed by atoms with Gasteiger partial charge in [0.25, 0.3) is 0 Å². The van der Waals surface area contributed by atoms with E-state index in [0.29, 0.717) is 18.0 Å². The molecule has 1 aliphatic rings. The van der Waals surface area contributed by atoms with E-state index in [-0.39, 0.29) is 5.41 Å². The van der Waals surface area contributed by atoms with Crippen LogP contribution in [0.3, 0.4) is 0 Å². The Kier molecular flexibility index (Phi) is 1.91. The maximum absolute atomic E-state index is 5.85. The summed E-state index contributed by atoms with van der Waals surface area (Å²) >= 11 is 0. The van der Waals surface area contributed by atoms with Crippen LogP contribution in [-0.2, 0) is 5.41 Å². The maximum Gasteiger partial charge on any atom is 0.179 e. The molecular formula is C11H15N5. The van der Waals surface area contributed by atoms with Crippen molar-refractivity contribution in [2.75, 3.05) is 12.3 Å². The Labute approximate surface area is 93.3 Å². The van der Waals surface area contributed by atoms with Crippen molar-refractivity contribution < 1.29 is 0 Å². The van der Waals surface area contributed by atoms with Crippen LogP contribution in [0.5, 0.6) is 0 Å². The zero-order valence-corrected chi connectivity index (χ0v) is 9.03. The van der Waals surface area contributed by atoms with E-state index < -0.39 is 0 Å². The van der Waals surface area contributed by atoms with Gasteiger partial charge in [0.1, 0.15) is 11.6 Å². The predicted molar refractivity (Wildman–Crippen MR) is 62.9 cm³/mol. The number of nitrogens with zero attached hydrogens (tertiary/aromatic N) is 2. The highest BCUT2D eigenvalue weighted by molar-refractivity contribution is 5.72. The Hall–Kier alpha value is -1.62. The number of fused-ring (bicyclic) bond motifs is 1. The van der Waals surface area contributed by atoms with Crippen LogP contribution >= 0.6 is 0 Å². The van der Waals surface area contributed by atoms with Crippen molar-refractivity contribution in [3.63, 3.8) is 0 Å². The van der Waals surface area contributed by atoms with Crippen LogP contribution in [0.25, 0.3) is 11.2 Å². The summed E-state index contributed by atoms with van der Waals surface area (Å²) in [5.41, 5.74) is 13.2. The first kappa shape index (κ1) is 9.59. The summed E-state index contributed by atoms with van der Waals surface area (Å²) in [7, 11) is 0. The molecular weight excluding hydrogens is 202 g/mol. The van der Waals surface area contributed by atoms with Gasteiger partial charge in [0.05, 0.1) is 5.52 Å². The molecule has 5 N–H and O–H groups in total. The Balaban J connectivity index is 2.11. The number of aromatic nitrogens is 3. The van der Waals surface area contributed by atoms with E-state index in [9.17, 15) is 0 Å². The minimum atomic E-state index is 0.0511. The Bertz CT molecular complexity index is 521. The van der Waals surface area contributed by atoms with E-state index in [1.807, 2.05) is 6.07 Å². The monoisotopic (exact) mass is 217 g/mol. The van der Waals surface area contributed by atoms with Gasteiger partial charge in [-0.15, -0.1) is 0 Å². The van der Waals surface area contributed by atoms with E-state index >= 15 is 0 Å². The summed E-state index contributed by atoms with van der Waals surface area (Å²) < 4.78 is 0. The predicted octanol–water partition coefficient (Wildman–Crippen LogP) is 0.920. The second kappa shape index (κ2) is 3.18. The average molecular weight is 217 g/mol. The summed E-state index contributed by atoms with van der Waals surface area (Å²) in [4.78, 5) is 12.0. The molecule has 2 aromatic rings. The molecule has 0 aliphatic heterocycles. The van der Waals surface area contributed by atoms with E-state index in [1.165, 1.54) is 6.42 Å². The maximum atomic E-state index is 5.85. The number of pyridine rings is 1. The van der Waals surface area contributed by atoms with Crippen LogP contribution in [-0.4, -0.2) is 21.5 Å². The van der Waals surface area contributed by atoms with Crippen molar-refractivity contribution in [2.45, 2.75) is 24.7 Å². The lowest BCUT2D eigenvalue weighted by molar-refractivity contribution is 0.240. The van der Waals surface area contributed by atoms with Gasteiger partial charge < -0.3 is 16.5 Å². The molecule has 0 amide bonds. The molecule has 0 atom stereocenters. The van der Waals surface area contributed by atoms with Crippen molar-refractivity contribution in [2.24, 2.45) is 5.73 Å². The quantitative estimate of drug-likeness (QED) is 0.697. The third-order valence-corrected chi connectivity index (χ3v) is 3.57. The molecule has 0 saturated heterocycles. The number of anilines is 1. The molecule has 0 spiro atoms. The molecule has 5 heteroatoms. The largest absolute Gasteiger partial charge is 0.384 e. The van der Waals surface area contributed by atoms with Gasteiger partial charge in [0, 0.05) is 12.0 Å². The van der Waals surface area contributed by atoms with Gasteiger partial charge in [-0.05, 0) is 25.0 Å². The Morgan fingerprint density at radius 3 is 2.75 bits per heavy atom. The average Bonchev–Trinajstić information content (AvgIpc) is 2.60. The van der Waals surface area contributed by atoms with Crippen LogP contribution in [0, 0.1) is 0 Å². The normalized spacial score (nSPS) is 18.6. The molecule has 0 bridgehead atoms. The van der Waals surface area contributed by atoms with Crippen LogP contribution in [0.1, 0.15) is 25.1 Å². The van der Waals surface area contributed by atoms with Gasteiger partial charge in [-0.25, -0.2) is 9.97 Å². The number of nitrogen functional groups attached to an aromatic ring is 1. The van der Waals surface area contributed by atoms with E-state index in [0.717, 1.165) is 24.2 Å². The van der Waals surface area contributed by atoms with Gasteiger partial charge in [0.15, 0.2) is 5.65 Å². The zero-order valence-electron chi connectivity index (χ0n) is 9.03. The first-order valence-electron chi connectivity index (χ1n) is 5.56. The number of nitrogens with two attached hydrogens (primary N) is 2. The zero-order chi connectivity index (χ0) is 11.2. The first-order valence-corrected chi connectivity index (χ1v) is 5.56. The Morgan fingerprint density at radius 1 is 1.31 bits per heavy atom. The van der Waals surface area contributed by atoms with Crippen molar-refractivity contribution >= 4 is 17.0 Å². The first-order chi connectivity index (χ1) is 7.73. The van der Waals surface area contributed by atoms with Gasteiger partial charge in [-0.2, -0.15) is 0 Å². The molecule has 1 fully saturated rings. The number of aromatic amines is 1. The Morgan fingerprint density at radius 2 is 2.12 bits per heavy atom. The lowest BCUT2D eigenvalue weighted by Crippen LogP contribution is -2.42. The number of hydrogen-bond donors (Lipinski definition) is 3. The third-order valence-electron chi connectivity index (χ3n) is 3.57. The highest BCUT2D eigenvalue weighted by Crippen LogP contribution is 2.41. The standard InChI is InChI=1S/C11H15N5/c12-6-11(4-1-5-11)10-14-7-2-3-8(13)15-9(7)16-10/h2-3H,1,4-6,12H2,(H3,13,14,15,16). The molecule has 84 valence electrons. The van der Waals surface area contributed by atoms with Gasteiger partial charge in [0.2, 0.25) is 0 Å². The number of rotatable bonds is 2. The molecule has 5 nitrogen and oxygen atoms in total. The summed E-state index contributed by atoms with van der Waals surface area (Å²) in [6.07, 6.45) is 3.45. The minimum absolute atomic E-state index is 0.0511. The topological polar surface area (TPSA) is 93.6 Å². The van der Waals surface area contributed by atoms with Crippen LogP contribution in [0.4, 0.5) is 5.82 Å².